The van der Waals surface area contributed by atoms with Gasteiger partial charge in [0.1, 0.15) is 6.04 Å². The summed E-state index contributed by atoms with van der Waals surface area (Å²) in [7, 11) is 4.26. The smallest absolute Gasteiger partial charge is 0.251 e. The second-order valence-corrected chi connectivity index (χ2v) is 8.44. The highest BCUT2D eigenvalue weighted by Gasteiger charge is 2.22. The Kier molecular flexibility index (Phi) is 5.23. The number of hydrogen-bond donors (Lipinski definition) is 3. The third-order valence-corrected chi connectivity index (χ3v) is 6.06. The van der Waals surface area contributed by atoms with Gasteiger partial charge in [0.25, 0.3) is 5.91 Å². The molecule has 0 fully saturated rings. The van der Waals surface area contributed by atoms with E-state index < -0.39 is 0 Å². The van der Waals surface area contributed by atoms with Gasteiger partial charge in [0, 0.05) is 27.7 Å². The van der Waals surface area contributed by atoms with E-state index in [9.17, 15) is 4.79 Å². The van der Waals surface area contributed by atoms with Gasteiger partial charge in [-0.05, 0) is 48.9 Å². The Hall–Kier alpha value is -2.59. The van der Waals surface area contributed by atoms with Crippen molar-refractivity contribution in [2.45, 2.75) is 32.2 Å². The van der Waals surface area contributed by atoms with Crippen LogP contribution in [0.25, 0.3) is 10.9 Å². The van der Waals surface area contributed by atoms with Crippen molar-refractivity contribution in [2.24, 2.45) is 5.92 Å². The maximum atomic E-state index is 12.9. The van der Waals surface area contributed by atoms with Crippen molar-refractivity contribution < 1.29 is 9.69 Å². The van der Waals surface area contributed by atoms with Crippen LogP contribution in [0.2, 0.25) is 0 Å². The molecule has 1 heterocycles. The van der Waals surface area contributed by atoms with E-state index in [4.69, 9.17) is 0 Å². The number of amides is 1. The molecule has 0 bridgehead atoms. The lowest BCUT2D eigenvalue weighted by Crippen LogP contribution is -3.07. The molecule has 3 N–H and O–H groups in total. The minimum absolute atomic E-state index is 0.00268. The second kappa shape index (κ2) is 7.80. The highest BCUT2D eigenvalue weighted by molar-refractivity contribution is 5.99. The molecule has 28 heavy (non-hydrogen) atoms. The number of hydrogen-bond acceptors (Lipinski definition) is 1. The molecule has 2 atom stereocenters. The SMILES string of the molecule is C[C@@H]1CCc2[nH]c3ccc(C(=O)NC[C@H](c4ccccc4)[NH+](C)C)cc3c2C1. The van der Waals surface area contributed by atoms with Crippen LogP contribution in [0.3, 0.4) is 0 Å². The fraction of sp³-hybridized carbons (Fsp3) is 0.375. The van der Waals surface area contributed by atoms with Gasteiger partial charge in [-0.3, -0.25) is 4.79 Å². The summed E-state index contributed by atoms with van der Waals surface area (Å²) < 4.78 is 0. The van der Waals surface area contributed by atoms with Gasteiger partial charge in [-0.25, -0.2) is 0 Å². The van der Waals surface area contributed by atoms with Gasteiger partial charge < -0.3 is 15.2 Å². The third kappa shape index (κ3) is 3.69. The summed E-state index contributed by atoms with van der Waals surface area (Å²) in [6.07, 6.45) is 3.44. The van der Waals surface area contributed by atoms with Crippen LogP contribution < -0.4 is 10.2 Å². The molecule has 4 nitrogen and oxygen atoms in total. The van der Waals surface area contributed by atoms with Crippen LogP contribution in [0.4, 0.5) is 0 Å². The largest absolute Gasteiger partial charge is 0.358 e. The number of aromatic amines is 1. The van der Waals surface area contributed by atoms with Crippen LogP contribution in [-0.2, 0) is 12.8 Å². The number of rotatable bonds is 5. The number of likely N-dealkylation sites (N-methyl/N-ethyl adjacent to an activating group) is 1. The van der Waals surface area contributed by atoms with E-state index >= 15 is 0 Å². The number of aryl methyl sites for hydroxylation is 1. The molecule has 1 aliphatic rings. The van der Waals surface area contributed by atoms with Gasteiger partial charge in [-0.15, -0.1) is 0 Å². The van der Waals surface area contributed by atoms with Gasteiger partial charge in [-0.1, -0.05) is 37.3 Å². The van der Waals surface area contributed by atoms with Crippen LogP contribution in [0.15, 0.2) is 48.5 Å². The molecule has 0 saturated heterocycles. The van der Waals surface area contributed by atoms with E-state index in [2.05, 4.69) is 67.7 Å². The number of H-pyrrole nitrogens is 1. The molecule has 1 amide bonds. The molecule has 2 aromatic carbocycles. The topological polar surface area (TPSA) is 49.3 Å². The molecule has 1 aliphatic carbocycles. The fourth-order valence-electron chi connectivity index (χ4n) is 4.37. The van der Waals surface area contributed by atoms with Crippen molar-refractivity contribution in [3.05, 3.63) is 70.9 Å². The zero-order chi connectivity index (χ0) is 19.7. The average Bonchev–Trinajstić information content (AvgIpc) is 3.05. The Morgan fingerprint density at radius 2 is 2.00 bits per heavy atom. The second-order valence-electron chi connectivity index (χ2n) is 8.44. The van der Waals surface area contributed by atoms with E-state index in [0.29, 0.717) is 12.5 Å². The molecule has 3 aromatic rings. The molecule has 0 radical (unpaired) electrons. The molecule has 4 rings (SSSR count). The standard InChI is InChI=1S/C24H29N3O/c1-16-9-11-21-19(13-16)20-14-18(10-12-22(20)26-21)24(28)25-15-23(27(2)3)17-7-5-4-6-8-17/h4-8,10,12,14,16,23,26H,9,11,13,15H2,1-3H3,(H,25,28)/p+1/t16-,23-/m1/s1. The number of benzene rings is 2. The first-order valence-electron chi connectivity index (χ1n) is 10.3. The first-order valence-corrected chi connectivity index (χ1v) is 10.3. The Balaban J connectivity index is 1.53. The molecule has 4 heteroatoms. The van der Waals surface area contributed by atoms with Crippen molar-refractivity contribution in [1.82, 2.24) is 10.3 Å². The Morgan fingerprint density at radius 3 is 2.75 bits per heavy atom. The number of aromatic nitrogens is 1. The molecule has 0 saturated carbocycles. The molecule has 0 unspecified atom stereocenters. The number of quaternary nitrogens is 1. The molecule has 0 aliphatic heterocycles. The lowest BCUT2D eigenvalue weighted by molar-refractivity contribution is -0.890. The predicted octanol–water partition coefficient (Wildman–Crippen LogP) is 2.91. The molecule has 1 aromatic heterocycles. The Bertz CT molecular complexity index is 974. The van der Waals surface area contributed by atoms with Crippen LogP contribution in [0.5, 0.6) is 0 Å². The molecule has 146 valence electrons. The first-order chi connectivity index (χ1) is 13.5. The normalized spacial score (nSPS) is 17.5. The zero-order valence-corrected chi connectivity index (χ0v) is 17.0. The number of carbonyl (C=O) groups is 1. The number of fused-ring (bicyclic) bond motifs is 3. The van der Waals surface area contributed by atoms with Gasteiger partial charge >= 0.3 is 0 Å². The van der Waals surface area contributed by atoms with Gasteiger partial charge in [0.15, 0.2) is 0 Å². The fourth-order valence-corrected chi connectivity index (χ4v) is 4.37. The van der Waals surface area contributed by atoms with Crippen molar-refractivity contribution in [3.8, 4) is 0 Å². The van der Waals surface area contributed by atoms with Gasteiger partial charge in [0.2, 0.25) is 0 Å². The van der Waals surface area contributed by atoms with E-state index in [1.165, 1.54) is 33.5 Å². The highest BCUT2D eigenvalue weighted by Crippen LogP contribution is 2.32. The predicted molar refractivity (Wildman–Crippen MR) is 114 cm³/mol. The monoisotopic (exact) mass is 376 g/mol. The van der Waals surface area contributed by atoms with Crippen molar-refractivity contribution in [2.75, 3.05) is 20.6 Å². The summed E-state index contributed by atoms with van der Waals surface area (Å²) >= 11 is 0. The lowest BCUT2D eigenvalue weighted by atomic mass is 9.87. The maximum Gasteiger partial charge on any atom is 0.251 e. The minimum Gasteiger partial charge on any atom is -0.358 e. The van der Waals surface area contributed by atoms with Crippen LogP contribution in [0, 0.1) is 5.92 Å². The minimum atomic E-state index is 0.00268. The maximum absolute atomic E-state index is 12.9. The summed E-state index contributed by atoms with van der Waals surface area (Å²) in [5, 5.41) is 4.37. The number of carbonyl (C=O) groups excluding carboxylic acids is 1. The Labute approximate surface area is 166 Å². The van der Waals surface area contributed by atoms with E-state index in [0.717, 1.165) is 23.9 Å². The number of nitrogens with one attached hydrogen (secondary N) is 3. The molecular formula is C24H30N3O+. The third-order valence-electron chi connectivity index (χ3n) is 6.06. The van der Waals surface area contributed by atoms with Gasteiger partial charge in [0.05, 0.1) is 20.6 Å². The van der Waals surface area contributed by atoms with E-state index in [1.54, 1.807) is 0 Å². The van der Waals surface area contributed by atoms with Crippen LogP contribution >= 0.6 is 0 Å². The Morgan fingerprint density at radius 1 is 1.21 bits per heavy atom. The summed E-state index contributed by atoms with van der Waals surface area (Å²) in [4.78, 5) is 17.7. The first kappa shape index (κ1) is 18.8. The van der Waals surface area contributed by atoms with Crippen molar-refractivity contribution in [3.63, 3.8) is 0 Å². The summed E-state index contributed by atoms with van der Waals surface area (Å²) in [5.74, 6) is 0.710. The summed E-state index contributed by atoms with van der Waals surface area (Å²) in [6, 6.07) is 16.7. The lowest BCUT2D eigenvalue weighted by Gasteiger charge is -2.22. The molecule has 0 spiro atoms. The zero-order valence-electron chi connectivity index (χ0n) is 17.0. The van der Waals surface area contributed by atoms with Crippen molar-refractivity contribution >= 4 is 16.8 Å². The molecular weight excluding hydrogens is 346 g/mol. The summed E-state index contributed by atoms with van der Waals surface area (Å²) in [6.45, 7) is 2.93. The van der Waals surface area contributed by atoms with E-state index in [-0.39, 0.29) is 11.9 Å². The average molecular weight is 377 g/mol. The summed E-state index contributed by atoms with van der Waals surface area (Å²) in [5.41, 5.74) is 5.89. The highest BCUT2D eigenvalue weighted by atomic mass is 16.1. The van der Waals surface area contributed by atoms with Gasteiger partial charge in [-0.2, -0.15) is 0 Å². The van der Waals surface area contributed by atoms with Crippen LogP contribution in [-0.4, -0.2) is 31.5 Å². The quantitative estimate of drug-likeness (QED) is 0.630. The van der Waals surface area contributed by atoms with Crippen LogP contribution in [0.1, 0.15) is 46.6 Å². The van der Waals surface area contributed by atoms with E-state index in [1.807, 2.05) is 12.1 Å². The van der Waals surface area contributed by atoms with Crippen molar-refractivity contribution in [1.29, 1.82) is 0 Å².